The molecule has 9 heteroatoms. The van der Waals surface area contributed by atoms with Crippen molar-refractivity contribution < 1.29 is 28.8 Å². The molecule has 0 saturated heterocycles. The zero-order valence-corrected chi connectivity index (χ0v) is 19.7. The number of hydrogen-bond donors (Lipinski definition) is 1. The van der Waals surface area contributed by atoms with Crippen molar-refractivity contribution in [1.29, 1.82) is 0 Å². The molecule has 0 radical (unpaired) electrons. The lowest BCUT2D eigenvalue weighted by atomic mass is 9.87. The van der Waals surface area contributed by atoms with E-state index in [2.05, 4.69) is 5.32 Å². The number of nitro benzene ring substituents is 1. The van der Waals surface area contributed by atoms with Gasteiger partial charge in [-0.3, -0.25) is 19.7 Å². The first kappa shape index (κ1) is 24.6. The summed E-state index contributed by atoms with van der Waals surface area (Å²) in [6, 6.07) is 19.3. The van der Waals surface area contributed by atoms with Crippen molar-refractivity contribution in [3.8, 4) is 11.1 Å². The number of ether oxygens (including phenoxy) is 2. The molecule has 0 unspecified atom stereocenters. The van der Waals surface area contributed by atoms with E-state index in [0.717, 1.165) is 22.3 Å². The lowest BCUT2D eigenvalue weighted by Gasteiger charge is -2.27. The summed E-state index contributed by atoms with van der Waals surface area (Å²) in [6.07, 6.45) is -0.258. The van der Waals surface area contributed by atoms with Gasteiger partial charge in [0.25, 0.3) is 5.69 Å². The zero-order valence-electron chi connectivity index (χ0n) is 19.7. The predicted octanol–water partition coefficient (Wildman–Crippen LogP) is 3.71. The quantitative estimate of drug-likeness (QED) is 0.291. The van der Waals surface area contributed by atoms with Gasteiger partial charge in [-0.15, -0.1) is 0 Å². The third-order valence-electron chi connectivity index (χ3n) is 6.40. The molecular formula is C27H24N2O7. The highest BCUT2D eigenvalue weighted by molar-refractivity contribution is 5.98. The molecule has 1 aliphatic rings. The van der Waals surface area contributed by atoms with E-state index in [0.29, 0.717) is 5.56 Å². The summed E-state index contributed by atoms with van der Waals surface area (Å²) in [5, 5.41) is 13.9. The van der Waals surface area contributed by atoms with E-state index in [1.807, 2.05) is 48.5 Å². The first-order valence-electron chi connectivity index (χ1n) is 11.2. The molecule has 0 aromatic heterocycles. The van der Waals surface area contributed by atoms with E-state index in [9.17, 15) is 24.5 Å². The largest absolute Gasteiger partial charge is 0.469 e. The number of fused-ring (bicyclic) bond motifs is 3. The summed E-state index contributed by atoms with van der Waals surface area (Å²) in [4.78, 5) is 49.4. The maximum Gasteiger partial charge on any atom is 0.329 e. The molecule has 0 fully saturated rings. The van der Waals surface area contributed by atoms with Crippen molar-refractivity contribution in [2.75, 3.05) is 14.2 Å². The number of nitrogens with one attached hydrogen (secondary N) is 1. The fraction of sp³-hybridized carbons (Fsp3) is 0.222. The van der Waals surface area contributed by atoms with E-state index >= 15 is 0 Å². The van der Waals surface area contributed by atoms with Crippen LogP contribution in [-0.4, -0.2) is 43.0 Å². The van der Waals surface area contributed by atoms with Gasteiger partial charge < -0.3 is 14.8 Å². The van der Waals surface area contributed by atoms with Gasteiger partial charge in [-0.05, 0) is 27.8 Å². The summed E-state index contributed by atoms with van der Waals surface area (Å²) in [5.41, 5.74) is 3.77. The Bertz CT molecular complexity index is 1270. The standard InChI is InChI=1S/C27H24N2O7/c1-35-23(30)15-22(16-11-13-17(14-12-16)29(33)34)25(27(32)36-2)28-26(31)24-20-9-5-3-7-18(20)19-8-4-6-10-21(19)24/h3-14,22,24-25H,15H2,1-2H3,(H,28,31)/t22-,25+/m0/s1. The Morgan fingerprint density at radius 1 is 0.889 bits per heavy atom. The molecular weight excluding hydrogens is 464 g/mol. The summed E-state index contributed by atoms with van der Waals surface area (Å²) in [5.74, 6) is -3.35. The monoisotopic (exact) mass is 488 g/mol. The number of hydrogen-bond acceptors (Lipinski definition) is 7. The number of benzene rings is 3. The van der Waals surface area contributed by atoms with Gasteiger partial charge >= 0.3 is 11.9 Å². The maximum atomic E-state index is 13.7. The molecule has 1 amide bonds. The van der Waals surface area contributed by atoms with E-state index < -0.39 is 40.6 Å². The number of carbonyl (C=O) groups is 3. The highest BCUT2D eigenvalue weighted by Gasteiger charge is 2.39. The van der Waals surface area contributed by atoms with Crippen LogP contribution in [0.25, 0.3) is 11.1 Å². The molecule has 3 aromatic carbocycles. The Morgan fingerprint density at radius 2 is 1.44 bits per heavy atom. The number of esters is 2. The summed E-state index contributed by atoms with van der Waals surface area (Å²) in [7, 11) is 2.40. The fourth-order valence-corrected chi connectivity index (χ4v) is 4.66. The number of amides is 1. The van der Waals surface area contributed by atoms with Gasteiger partial charge in [-0.2, -0.15) is 0 Å². The van der Waals surface area contributed by atoms with E-state index in [4.69, 9.17) is 9.47 Å². The van der Waals surface area contributed by atoms with Crippen LogP contribution in [0.15, 0.2) is 72.8 Å². The van der Waals surface area contributed by atoms with Crippen molar-refractivity contribution in [2.45, 2.75) is 24.3 Å². The molecule has 9 nitrogen and oxygen atoms in total. The van der Waals surface area contributed by atoms with Gasteiger partial charge in [0.05, 0.1) is 31.5 Å². The van der Waals surface area contributed by atoms with Crippen molar-refractivity contribution in [2.24, 2.45) is 0 Å². The fourth-order valence-electron chi connectivity index (χ4n) is 4.66. The molecule has 0 aliphatic heterocycles. The van der Waals surface area contributed by atoms with E-state index in [1.165, 1.54) is 38.5 Å². The Labute approximate surface area is 207 Å². The third-order valence-corrected chi connectivity index (χ3v) is 6.40. The molecule has 1 N–H and O–H groups in total. The number of carbonyl (C=O) groups excluding carboxylic acids is 3. The van der Waals surface area contributed by atoms with Crippen molar-refractivity contribution >= 4 is 23.5 Å². The highest BCUT2D eigenvalue weighted by Crippen LogP contribution is 2.44. The number of nitrogens with zero attached hydrogens (tertiary/aromatic N) is 1. The number of rotatable bonds is 8. The van der Waals surface area contributed by atoms with Crippen LogP contribution in [0.4, 0.5) is 5.69 Å². The minimum absolute atomic E-state index is 0.145. The Hall–Kier alpha value is -4.53. The maximum absolute atomic E-state index is 13.7. The summed E-state index contributed by atoms with van der Waals surface area (Å²) < 4.78 is 9.79. The van der Waals surface area contributed by atoms with Crippen LogP contribution in [0.3, 0.4) is 0 Å². The minimum Gasteiger partial charge on any atom is -0.469 e. The second-order valence-electron chi connectivity index (χ2n) is 8.35. The Morgan fingerprint density at radius 3 is 1.94 bits per heavy atom. The third kappa shape index (κ3) is 4.68. The first-order chi connectivity index (χ1) is 17.3. The topological polar surface area (TPSA) is 125 Å². The normalized spacial score (nSPS) is 13.6. The number of non-ortho nitro benzene ring substituents is 1. The minimum atomic E-state index is -1.25. The highest BCUT2D eigenvalue weighted by atomic mass is 16.6. The van der Waals surface area contributed by atoms with Crippen molar-refractivity contribution in [3.63, 3.8) is 0 Å². The van der Waals surface area contributed by atoms with Crippen LogP contribution >= 0.6 is 0 Å². The molecule has 1 aliphatic carbocycles. The summed E-state index contributed by atoms with van der Waals surface area (Å²) in [6.45, 7) is 0. The molecule has 36 heavy (non-hydrogen) atoms. The average molecular weight is 488 g/mol. The molecule has 3 aromatic rings. The number of methoxy groups -OCH3 is 2. The van der Waals surface area contributed by atoms with Crippen LogP contribution in [0.1, 0.15) is 34.9 Å². The lowest BCUT2D eigenvalue weighted by Crippen LogP contribution is -2.47. The first-order valence-corrected chi connectivity index (χ1v) is 11.2. The molecule has 0 heterocycles. The van der Waals surface area contributed by atoms with Crippen LogP contribution in [0, 0.1) is 10.1 Å². The van der Waals surface area contributed by atoms with Gasteiger partial charge in [0.15, 0.2) is 0 Å². The lowest BCUT2D eigenvalue weighted by molar-refractivity contribution is -0.384. The van der Waals surface area contributed by atoms with Crippen LogP contribution < -0.4 is 5.32 Å². The summed E-state index contributed by atoms with van der Waals surface area (Å²) >= 11 is 0. The van der Waals surface area contributed by atoms with Crippen LogP contribution in [-0.2, 0) is 23.9 Å². The van der Waals surface area contributed by atoms with Gasteiger partial charge in [0.2, 0.25) is 5.91 Å². The molecule has 184 valence electrons. The second-order valence-corrected chi connectivity index (χ2v) is 8.35. The van der Waals surface area contributed by atoms with Gasteiger partial charge in [-0.25, -0.2) is 4.79 Å². The van der Waals surface area contributed by atoms with Crippen LogP contribution in [0.2, 0.25) is 0 Å². The van der Waals surface area contributed by atoms with E-state index in [1.54, 1.807) is 0 Å². The van der Waals surface area contributed by atoms with Crippen LogP contribution in [0.5, 0.6) is 0 Å². The molecule has 2 atom stereocenters. The number of nitro groups is 1. The Balaban J connectivity index is 1.72. The SMILES string of the molecule is COC(=O)C[C@@H](c1ccc([N+](=O)[O-])cc1)[C@@H](NC(=O)C1c2ccccc2-c2ccccc21)C(=O)OC. The molecule has 4 rings (SSSR count). The van der Waals surface area contributed by atoms with Gasteiger partial charge in [-0.1, -0.05) is 60.7 Å². The zero-order chi connectivity index (χ0) is 25.8. The second kappa shape index (κ2) is 10.4. The van der Waals surface area contributed by atoms with Crippen molar-refractivity contribution in [3.05, 3.63) is 99.6 Å². The van der Waals surface area contributed by atoms with Gasteiger partial charge in [0, 0.05) is 18.1 Å². The van der Waals surface area contributed by atoms with Gasteiger partial charge in [0.1, 0.15) is 6.04 Å². The Kier molecular flexibility index (Phi) is 7.10. The molecule has 0 spiro atoms. The predicted molar refractivity (Wildman–Crippen MR) is 130 cm³/mol. The van der Waals surface area contributed by atoms with E-state index in [-0.39, 0.29) is 12.1 Å². The molecule has 0 bridgehead atoms. The average Bonchev–Trinajstić information content (AvgIpc) is 3.24. The van der Waals surface area contributed by atoms with Crippen molar-refractivity contribution in [1.82, 2.24) is 5.32 Å². The molecule has 0 saturated carbocycles. The smallest absolute Gasteiger partial charge is 0.329 e.